The van der Waals surface area contributed by atoms with E-state index in [-0.39, 0.29) is 5.91 Å². The monoisotopic (exact) mass is 367 g/mol. The molecule has 0 saturated heterocycles. The summed E-state index contributed by atoms with van der Waals surface area (Å²) in [6, 6.07) is 24.3. The van der Waals surface area contributed by atoms with Crippen molar-refractivity contribution in [2.24, 2.45) is 0 Å². The average molecular weight is 368 g/mol. The van der Waals surface area contributed by atoms with Crippen molar-refractivity contribution in [3.8, 4) is 0 Å². The zero-order valence-corrected chi connectivity index (χ0v) is 14.8. The Bertz CT molecular complexity index is 885. The van der Waals surface area contributed by atoms with Crippen molar-refractivity contribution in [1.29, 1.82) is 0 Å². The number of para-hydroxylation sites is 1. The molecular weight excluding hydrogens is 353 g/mol. The van der Waals surface area contributed by atoms with Gasteiger partial charge in [-0.15, -0.1) is 0 Å². The van der Waals surface area contributed by atoms with Gasteiger partial charge in [-0.3, -0.25) is 4.79 Å². The normalized spacial score (nSPS) is 11.2. The lowest BCUT2D eigenvalue weighted by atomic mass is 10.0. The van der Waals surface area contributed by atoms with Gasteiger partial charge < -0.3 is 5.32 Å². The van der Waals surface area contributed by atoms with Crippen LogP contribution in [-0.2, 0) is 4.79 Å². The second-order valence-electron chi connectivity index (χ2n) is 5.39. The van der Waals surface area contributed by atoms with Crippen LogP contribution in [0.4, 0.5) is 5.69 Å². The van der Waals surface area contributed by atoms with Gasteiger partial charge in [0, 0.05) is 5.57 Å². The van der Waals surface area contributed by atoms with Crippen LogP contribution in [-0.4, -0.2) is 5.91 Å². The van der Waals surface area contributed by atoms with Crippen LogP contribution in [0.1, 0.15) is 11.1 Å². The molecule has 25 heavy (non-hydrogen) atoms. The number of carbonyl (C=O) groups excluding carboxylic acids is 1. The van der Waals surface area contributed by atoms with Crippen LogP contribution < -0.4 is 5.32 Å². The molecule has 3 aromatic carbocycles. The molecular formula is C21H15Cl2NO. The summed E-state index contributed by atoms with van der Waals surface area (Å²) in [4.78, 5) is 12.9. The Morgan fingerprint density at radius 3 is 1.92 bits per heavy atom. The molecule has 0 unspecified atom stereocenters. The highest BCUT2D eigenvalue weighted by Crippen LogP contribution is 2.31. The number of rotatable bonds is 4. The van der Waals surface area contributed by atoms with Crippen LogP contribution in [0, 0.1) is 0 Å². The zero-order chi connectivity index (χ0) is 17.6. The van der Waals surface area contributed by atoms with Gasteiger partial charge in [-0.1, -0.05) is 89.9 Å². The fraction of sp³-hybridized carbons (Fsp3) is 0. The Balaban J connectivity index is 2.00. The highest BCUT2D eigenvalue weighted by molar-refractivity contribution is 6.41. The lowest BCUT2D eigenvalue weighted by Crippen LogP contribution is -2.14. The Hall–Kier alpha value is -2.55. The molecule has 0 aliphatic carbocycles. The average Bonchev–Trinajstić information content (AvgIpc) is 2.64. The maximum Gasteiger partial charge on any atom is 0.256 e. The van der Waals surface area contributed by atoms with Crippen LogP contribution >= 0.6 is 23.2 Å². The van der Waals surface area contributed by atoms with E-state index in [0.29, 0.717) is 21.3 Å². The highest BCUT2D eigenvalue weighted by atomic mass is 35.5. The standard InChI is InChI=1S/C21H15Cl2NO/c22-18-12-7-13-19(23)20(18)24-21(25)17(16-10-5-2-6-11-16)14-15-8-3-1-4-9-15/h1-14H,(H,24,25)/b17-14+. The zero-order valence-electron chi connectivity index (χ0n) is 13.2. The van der Waals surface area contributed by atoms with Gasteiger partial charge in [0.1, 0.15) is 0 Å². The third-order valence-electron chi connectivity index (χ3n) is 3.64. The summed E-state index contributed by atoms with van der Waals surface area (Å²) >= 11 is 12.3. The van der Waals surface area contributed by atoms with Crippen LogP contribution in [0.3, 0.4) is 0 Å². The third kappa shape index (κ3) is 4.30. The maximum absolute atomic E-state index is 12.9. The van der Waals surface area contributed by atoms with Crippen molar-refractivity contribution in [1.82, 2.24) is 0 Å². The number of anilines is 1. The summed E-state index contributed by atoms with van der Waals surface area (Å²) in [5.74, 6) is -0.273. The van der Waals surface area contributed by atoms with E-state index in [2.05, 4.69) is 5.32 Å². The van der Waals surface area contributed by atoms with Gasteiger partial charge in [0.25, 0.3) is 5.91 Å². The second kappa shape index (κ2) is 8.02. The van der Waals surface area contributed by atoms with Crippen molar-refractivity contribution in [2.45, 2.75) is 0 Å². The molecule has 0 radical (unpaired) electrons. The SMILES string of the molecule is O=C(Nc1c(Cl)cccc1Cl)/C(=C/c1ccccc1)c1ccccc1. The first-order valence-electron chi connectivity index (χ1n) is 7.72. The van der Waals surface area contributed by atoms with Crippen LogP contribution in [0.15, 0.2) is 78.9 Å². The van der Waals surface area contributed by atoms with E-state index >= 15 is 0 Å². The molecule has 0 atom stereocenters. The van der Waals surface area contributed by atoms with Gasteiger partial charge in [0.15, 0.2) is 0 Å². The van der Waals surface area contributed by atoms with Gasteiger partial charge >= 0.3 is 0 Å². The molecule has 0 bridgehead atoms. The molecule has 0 heterocycles. The van der Waals surface area contributed by atoms with E-state index in [9.17, 15) is 4.79 Å². The quantitative estimate of drug-likeness (QED) is 0.433. The minimum atomic E-state index is -0.273. The lowest BCUT2D eigenvalue weighted by molar-refractivity contribution is -0.111. The molecule has 3 rings (SSSR count). The Morgan fingerprint density at radius 1 is 0.760 bits per heavy atom. The fourth-order valence-electron chi connectivity index (χ4n) is 2.41. The molecule has 0 fully saturated rings. The first kappa shape index (κ1) is 17.3. The van der Waals surface area contributed by atoms with E-state index in [1.54, 1.807) is 18.2 Å². The Kier molecular flexibility index (Phi) is 5.54. The van der Waals surface area contributed by atoms with Gasteiger partial charge in [0.2, 0.25) is 0 Å². The van der Waals surface area contributed by atoms with Crippen molar-refractivity contribution in [3.63, 3.8) is 0 Å². The molecule has 0 saturated carbocycles. The van der Waals surface area contributed by atoms with E-state index < -0.39 is 0 Å². The van der Waals surface area contributed by atoms with Crippen LogP contribution in [0.5, 0.6) is 0 Å². The number of amides is 1. The minimum absolute atomic E-state index is 0.273. The summed E-state index contributed by atoms with van der Waals surface area (Å²) in [7, 11) is 0. The topological polar surface area (TPSA) is 29.1 Å². The molecule has 3 aromatic rings. The third-order valence-corrected chi connectivity index (χ3v) is 4.27. The van der Waals surface area contributed by atoms with Gasteiger partial charge in [-0.2, -0.15) is 0 Å². The predicted octanol–water partition coefficient (Wildman–Crippen LogP) is 6.17. The van der Waals surface area contributed by atoms with E-state index in [1.165, 1.54) is 0 Å². The fourth-order valence-corrected chi connectivity index (χ4v) is 2.90. The maximum atomic E-state index is 12.9. The van der Waals surface area contributed by atoms with Crippen LogP contribution in [0.25, 0.3) is 11.6 Å². The molecule has 1 amide bonds. The lowest BCUT2D eigenvalue weighted by Gasteiger charge is -2.12. The molecule has 0 aromatic heterocycles. The number of hydrogen-bond donors (Lipinski definition) is 1. The number of nitrogens with one attached hydrogen (secondary N) is 1. The number of benzene rings is 3. The molecule has 0 spiro atoms. The van der Waals surface area contributed by atoms with Gasteiger partial charge in [-0.05, 0) is 29.3 Å². The molecule has 124 valence electrons. The van der Waals surface area contributed by atoms with Crippen LogP contribution in [0.2, 0.25) is 10.0 Å². The van der Waals surface area contributed by atoms with Gasteiger partial charge in [-0.25, -0.2) is 0 Å². The molecule has 4 heteroatoms. The molecule has 0 aliphatic rings. The summed E-state index contributed by atoms with van der Waals surface area (Å²) in [5, 5.41) is 3.62. The molecule has 1 N–H and O–H groups in total. The number of carbonyl (C=O) groups is 1. The van der Waals surface area contributed by atoms with Crippen molar-refractivity contribution < 1.29 is 4.79 Å². The predicted molar refractivity (Wildman–Crippen MR) is 106 cm³/mol. The molecule has 0 aliphatic heterocycles. The summed E-state index contributed by atoms with van der Waals surface area (Å²) in [5.41, 5.74) is 2.68. The largest absolute Gasteiger partial charge is 0.319 e. The summed E-state index contributed by atoms with van der Waals surface area (Å²) < 4.78 is 0. The summed E-state index contributed by atoms with van der Waals surface area (Å²) in [6.07, 6.45) is 1.84. The van der Waals surface area contributed by atoms with Crippen molar-refractivity contribution in [2.75, 3.05) is 5.32 Å². The summed E-state index contributed by atoms with van der Waals surface area (Å²) in [6.45, 7) is 0. The number of hydrogen-bond acceptors (Lipinski definition) is 1. The second-order valence-corrected chi connectivity index (χ2v) is 6.20. The van der Waals surface area contributed by atoms with E-state index in [4.69, 9.17) is 23.2 Å². The number of halogens is 2. The minimum Gasteiger partial charge on any atom is -0.319 e. The Morgan fingerprint density at radius 2 is 1.32 bits per heavy atom. The van der Waals surface area contributed by atoms with Crippen molar-refractivity contribution >= 4 is 46.4 Å². The molecule has 2 nitrogen and oxygen atoms in total. The van der Waals surface area contributed by atoms with Gasteiger partial charge in [0.05, 0.1) is 15.7 Å². The highest BCUT2D eigenvalue weighted by Gasteiger charge is 2.15. The first-order valence-corrected chi connectivity index (χ1v) is 8.48. The smallest absolute Gasteiger partial charge is 0.256 e. The van der Waals surface area contributed by atoms with E-state index in [0.717, 1.165) is 11.1 Å². The Labute approximate surface area is 156 Å². The van der Waals surface area contributed by atoms with E-state index in [1.807, 2.05) is 66.7 Å². The van der Waals surface area contributed by atoms with Crippen molar-refractivity contribution in [3.05, 3.63) is 100 Å². The first-order chi connectivity index (χ1) is 12.1.